The van der Waals surface area contributed by atoms with E-state index in [0.717, 1.165) is 12.0 Å². The maximum absolute atomic E-state index is 12.0. The molecule has 0 unspecified atom stereocenters. The van der Waals surface area contributed by atoms with Gasteiger partial charge >= 0.3 is 0 Å². The smallest absolute Gasteiger partial charge is 0.240 e. The number of halogens is 1. The molecule has 0 aliphatic heterocycles. The van der Waals surface area contributed by atoms with E-state index in [1.54, 1.807) is 13.0 Å². The predicted octanol–water partition coefficient (Wildman–Crippen LogP) is 1.80. The lowest BCUT2D eigenvalue weighted by molar-refractivity contribution is 0.580. The van der Waals surface area contributed by atoms with Gasteiger partial charge in [-0.25, -0.2) is 13.1 Å². The monoisotopic (exact) mass is 276 g/mol. The number of sulfonamides is 1. The Kier molecular flexibility index (Phi) is 4.94. The molecule has 0 spiro atoms. The van der Waals surface area contributed by atoms with Crippen LogP contribution in [0.5, 0.6) is 0 Å². The van der Waals surface area contributed by atoms with Crippen molar-refractivity contribution in [2.45, 2.75) is 31.7 Å². The van der Waals surface area contributed by atoms with Gasteiger partial charge in [-0.2, -0.15) is 0 Å². The van der Waals surface area contributed by atoms with Crippen LogP contribution in [0, 0.1) is 6.92 Å². The van der Waals surface area contributed by atoms with Crippen molar-refractivity contribution >= 4 is 21.6 Å². The number of nitrogens with one attached hydrogen (secondary N) is 1. The van der Waals surface area contributed by atoms with Crippen LogP contribution in [0.2, 0.25) is 5.02 Å². The molecule has 1 aromatic rings. The van der Waals surface area contributed by atoms with Gasteiger partial charge in [0, 0.05) is 18.1 Å². The lowest BCUT2D eigenvalue weighted by atomic mass is 10.1. The molecule has 17 heavy (non-hydrogen) atoms. The summed E-state index contributed by atoms with van der Waals surface area (Å²) >= 11 is 5.89. The van der Waals surface area contributed by atoms with Crippen LogP contribution in [0.25, 0.3) is 0 Å². The van der Waals surface area contributed by atoms with Gasteiger partial charge in [0.15, 0.2) is 0 Å². The van der Waals surface area contributed by atoms with Crippen LogP contribution < -0.4 is 10.5 Å². The Morgan fingerprint density at radius 2 is 2.06 bits per heavy atom. The largest absolute Gasteiger partial charge is 0.326 e. The Bertz CT molecular complexity index is 500. The van der Waals surface area contributed by atoms with Crippen molar-refractivity contribution in [2.24, 2.45) is 5.73 Å². The zero-order valence-electron chi connectivity index (χ0n) is 9.96. The number of hydrogen-bond acceptors (Lipinski definition) is 3. The van der Waals surface area contributed by atoms with Gasteiger partial charge in [0.2, 0.25) is 10.0 Å². The number of benzene rings is 1. The third-order valence-electron chi connectivity index (χ3n) is 2.48. The van der Waals surface area contributed by atoms with E-state index in [9.17, 15) is 8.42 Å². The lowest BCUT2D eigenvalue weighted by Crippen LogP contribution is -2.25. The van der Waals surface area contributed by atoms with Crippen molar-refractivity contribution in [3.8, 4) is 0 Å². The fraction of sp³-hybridized carbons (Fsp3) is 0.455. The Labute approximate surface area is 107 Å². The van der Waals surface area contributed by atoms with E-state index in [1.165, 1.54) is 6.07 Å². The second kappa shape index (κ2) is 5.82. The van der Waals surface area contributed by atoms with Gasteiger partial charge < -0.3 is 5.73 Å². The SMILES string of the molecule is CCCNS(=O)(=O)c1cc(Cl)cc(CN)c1C. The van der Waals surface area contributed by atoms with E-state index in [4.69, 9.17) is 17.3 Å². The van der Waals surface area contributed by atoms with E-state index in [-0.39, 0.29) is 11.4 Å². The topological polar surface area (TPSA) is 72.2 Å². The van der Waals surface area contributed by atoms with Crippen LogP contribution >= 0.6 is 11.6 Å². The standard InChI is InChI=1S/C11H17ClN2O2S/c1-3-4-14-17(15,16)11-6-10(12)5-9(7-13)8(11)2/h5-6,14H,3-4,7,13H2,1-2H3. The van der Waals surface area contributed by atoms with Gasteiger partial charge in [-0.1, -0.05) is 18.5 Å². The van der Waals surface area contributed by atoms with E-state index >= 15 is 0 Å². The molecular formula is C11H17ClN2O2S. The highest BCUT2D eigenvalue weighted by atomic mass is 35.5. The Balaban J connectivity index is 3.26. The second-order valence-corrected chi connectivity index (χ2v) is 5.96. The van der Waals surface area contributed by atoms with Crippen molar-refractivity contribution in [1.82, 2.24) is 4.72 Å². The lowest BCUT2D eigenvalue weighted by Gasteiger charge is -2.12. The molecule has 0 aliphatic rings. The molecule has 0 heterocycles. The average molecular weight is 277 g/mol. The molecule has 1 aromatic carbocycles. The van der Waals surface area contributed by atoms with Crippen LogP contribution in [0.1, 0.15) is 24.5 Å². The Morgan fingerprint density at radius 3 is 2.59 bits per heavy atom. The van der Waals surface area contributed by atoms with Crippen LogP contribution in [0.15, 0.2) is 17.0 Å². The highest BCUT2D eigenvalue weighted by Crippen LogP contribution is 2.24. The third-order valence-corrected chi connectivity index (χ3v) is 4.29. The summed E-state index contributed by atoms with van der Waals surface area (Å²) in [6.45, 7) is 4.31. The first kappa shape index (κ1) is 14.4. The maximum atomic E-state index is 12.0. The first-order chi connectivity index (χ1) is 7.92. The molecule has 0 saturated heterocycles. The summed E-state index contributed by atoms with van der Waals surface area (Å²) in [6.07, 6.45) is 0.739. The Hall–Kier alpha value is -0.620. The van der Waals surface area contributed by atoms with Crippen molar-refractivity contribution in [2.75, 3.05) is 6.54 Å². The molecule has 0 aliphatic carbocycles. The highest BCUT2D eigenvalue weighted by molar-refractivity contribution is 7.89. The summed E-state index contributed by atoms with van der Waals surface area (Å²) in [5.74, 6) is 0. The summed E-state index contributed by atoms with van der Waals surface area (Å²) in [6, 6.07) is 3.14. The molecule has 3 N–H and O–H groups in total. The highest BCUT2D eigenvalue weighted by Gasteiger charge is 2.18. The molecule has 96 valence electrons. The molecule has 0 amide bonds. The van der Waals surface area contributed by atoms with Gasteiger partial charge in [-0.05, 0) is 36.6 Å². The molecule has 4 nitrogen and oxygen atoms in total. The minimum Gasteiger partial charge on any atom is -0.326 e. The van der Waals surface area contributed by atoms with Gasteiger partial charge in [0.1, 0.15) is 0 Å². The average Bonchev–Trinajstić information content (AvgIpc) is 2.29. The van der Waals surface area contributed by atoms with Gasteiger partial charge in [0.25, 0.3) is 0 Å². The van der Waals surface area contributed by atoms with Gasteiger partial charge in [-0.3, -0.25) is 0 Å². The quantitative estimate of drug-likeness (QED) is 0.861. The minimum absolute atomic E-state index is 0.207. The van der Waals surface area contributed by atoms with Crippen LogP contribution in [-0.4, -0.2) is 15.0 Å². The molecule has 0 atom stereocenters. The molecule has 6 heteroatoms. The molecule has 0 aromatic heterocycles. The fourth-order valence-corrected chi connectivity index (χ4v) is 3.26. The Morgan fingerprint density at radius 1 is 1.41 bits per heavy atom. The van der Waals surface area contributed by atoms with E-state index in [1.807, 2.05) is 6.92 Å². The molecule has 1 rings (SSSR count). The van der Waals surface area contributed by atoms with E-state index in [0.29, 0.717) is 17.1 Å². The first-order valence-corrected chi connectivity index (χ1v) is 7.27. The van der Waals surface area contributed by atoms with Crippen LogP contribution in [0.3, 0.4) is 0 Å². The maximum Gasteiger partial charge on any atom is 0.240 e. The fourth-order valence-electron chi connectivity index (χ4n) is 1.51. The first-order valence-electron chi connectivity index (χ1n) is 5.41. The van der Waals surface area contributed by atoms with Gasteiger partial charge in [0.05, 0.1) is 4.90 Å². The molecule has 0 fully saturated rings. The molecule has 0 bridgehead atoms. The zero-order valence-corrected chi connectivity index (χ0v) is 11.5. The van der Waals surface area contributed by atoms with Crippen molar-refractivity contribution < 1.29 is 8.42 Å². The van der Waals surface area contributed by atoms with Crippen molar-refractivity contribution in [1.29, 1.82) is 0 Å². The summed E-state index contributed by atoms with van der Waals surface area (Å²) in [5, 5.41) is 0.382. The predicted molar refractivity (Wildman–Crippen MR) is 69.6 cm³/mol. The van der Waals surface area contributed by atoms with E-state index in [2.05, 4.69) is 4.72 Å². The van der Waals surface area contributed by atoms with Crippen molar-refractivity contribution in [3.63, 3.8) is 0 Å². The van der Waals surface area contributed by atoms with Crippen LogP contribution in [0.4, 0.5) is 0 Å². The van der Waals surface area contributed by atoms with Crippen LogP contribution in [-0.2, 0) is 16.6 Å². The van der Waals surface area contributed by atoms with Crippen molar-refractivity contribution in [3.05, 3.63) is 28.3 Å². The second-order valence-electron chi connectivity index (χ2n) is 3.79. The number of nitrogens with two attached hydrogens (primary N) is 1. The molecule has 0 saturated carbocycles. The van der Waals surface area contributed by atoms with E-state index < -0.39 is 10.0 Å². The third kappa shape index (κ3) is 3.42. The summed E-state index contributed by atoms with van der Waals surface area (Å²) in [5.41, 5.74) is 6.96. The zero-order chi connectivity index (χ0) is 13.1. The normalized spacial score (nSPS) is 11.8. The van der Waals surface area contributed by atoms with Gasteiger partial charge in [-0.15, -0.1) is 0 Å². The number of rotatable bonds is 5. The summed E-state index contributed by atoms with van der Waals surface area (Å²) < 4.78 is 26.6. The number of hydrogen-bond donors (Lipinski definition) is 2. The molecule has 0 radical (unpaired) electrons. The summed E-state index contributed by atoms with van der Waals surface area (Å²) in [4.78, 5) is 0.207. The summed E-state index contributed by atoms with van der Waals surface area (Å²) in [7, 11) is -3.50. The minimum atomic E-state index is -3.50. The molecular weight excluding hydrogens is 260 g/mol.